The number of likely N-dealkylation sites (tertiary alicyclic amines) is 1. The summed E-state index contributed by atoms with van der Waals surface area (Å²) in [5, 5.41) is 0. The molecule has 1 unspecified atom stereocenters. The highest BCUT2D eigenvalue weighted by atomic mass is 16.1. The summed E-state index contributed by atoms with van der Waals surface area (Å²) in [6.45, 7) is 5.70. The van der Waals surface area contributed by atoms with Crippen LogP contribution in [0.2, 0.25) is 0 Å². The van der Waals surface area contributed by atoms with Gasteiger partial charge in [0.2, 0.25) is 0 Å². The van der Waals surface area contributed by atoms with Gasteiger partial charge in [0.25, 0.3) is 0 Å². The van der Waals surface area contributed by atoms with E-state index in [9.17, 15) is 4.79 Å². The lowest BCUT2D eigenvalue weighted by molar-refractivity contribution is -0.120. The van der Waals surface area contributed by atoms with E-state index in [0.717, 1.165) is 17.7 Å². The van der Waals surface area contributed by atoms with Crippen LogP contribution in [0.4, 0.5) is 0 Å². The number of ketones is 1. The molecule has 1 atom stereocenters. The molecule has 2 N–H and O–H groups in total. The minimum atomic E-state index is -0.0539. The quantitative estimate of drug-likeness (QED) is 0.865. The van der Waals surface area contributed by atoms with Crippen LogP contribution >= 0.6 is 0 Å². The lowest BCUT2D eigenvalue weighted by Gasteiger charge is -2.27. The van der Waals surface area contributed by atoms with E-state index in [-0.39, 0.29) is 6.04 Å². The predicted molar refractivity (Wildman–Crippen MR) is 68.5 cm³/mol. The smallest absolute Gasteiger partial charge is 0.155 e. The number of carbonyl (C=O) groups is 1. The van der Waals surface area contributed by atoms with Crippen LogP contribution in [0.1, 0.15) is 37.4 Å². The Kier molecular flexibility index (Phi) is 3.60. The number of benzene rings is 1. The molecule has 1 aliphatic heterocycles. The van der Waals surface area contributed by atoms with Crippen LogP contribution in [0.25, 0.3) is 0 Å². The summed E-state index contributed by atoms with van der Waals surface area (Å²) in [5.41, 5.74) is 7.78. The van der Waals surface area contributed by atoms with Gasteiger partial charge in [-0.3, -0.25) is 9.69 Å². The van der Waals surface area contributed by atoms with Crippen molar-refractivity contribution in [1.29, 1.82) is 0 Å². The molecule has 0 aromatic heterocycles. The summed E-state index contributed by atoms with van der Waals surface area (Å²) in [7, 11) is 0. The first-order valence-corrected chi connectivity index (χ1v) is 6.21. The molecule has 17 heavy (non-hydrogen) atoms. The lowest BCUT2D eigenvalue weighted by Crippen LogP contribution is -2.32. The van der Waals surface area contributed by atoms with Gasteiger partial charge >= 0.3 is 0 Å². The third kappa shape index (κ3) is 2.40. The molecule has 0 bridgehead atoms. The van der Waals surface area contributed by atoms with Gasteiger partial charge in [0, 0.05) is 25.6 Å². The number of nitrogens with zero attached hydrogens (tertiary/aromatic N) is 1. The Labute approximate surface area is 103 Å². The van der Waals surface area contributed by atoms with E-state index in [4.69, 9.17) is 5.73 Å². The molecule has 0 saturated carbocycles. The summed E-state index contributed by atoms with van der Waals surface area (Å²) in [6.07, 6.45) is 0.668. The molecule has 92 valence electrons. The second kappa shape index (κ2) is 4.98. The monoisotopic (exact) mass is 232 g/mol. The molecule has 0 spiro atoms. The first-order chi connectivity index (χ1) is 8.13. The lowest BCUT2D eigenvalue weighted by atomic mass is 10.0. The predicted octanol–water partition coefficient (Wildman–Crippen LogP) is 1.87. The molecule has 1 aromatic rings. The SMILES string of the molecule is CC(C)N1CCC(=O)C1c1ccc(CN)cc1. The number of rotatable bonds is 3. The zero-order chi connectivity index (χ0) is 12.4. The van der Waals surface area contributed by atoms with Crippen molar-refractivity contribution in [3.8, 4) is 0 Å². The Balaban J connectivity index is 2.26. The number of hydrogen-bond donors (Lipinski definition) is 1. The van der Waals surface area contributed by atoms with E-state index >= 15 is 0 Å². The van der Waals surface area contributed by atoms with Crippen molar-refractivity contribution in [2.45, 2.75) is 38.9 Å². The second-order valence-electron chi connectivity index (χ2n) is 4.90. The standard InChI is InChI=1S/C14H20N2O/c1-10(2)16-8-7-13(17)14(16)12-5-3-11(9-15)4-6-12/h3-6,10,14H,7-9,15H2,1-2H3. The second-order valence-corrected chi connectivity index (χ2v) is 4.90. The molecule has 2 rings (SSSR count). The van der Waals surface area contributed by atoms with Crippen LogP contribution in [-0.2, 0) is 11.3 Å². The normalized spacial score (nSPS) is 21.4. The molecule has 0 amide bonds. The third-order valence-electron chi connectivity index (χ3n) is 3.45. The largest absolute Gasteiger partial charge is 0.326 e. The molecule has 1 saturated heterocycles. The molecular weight excluding hydrogens is 212 g/mol. The van der Waals surface area contributed by atoms with Gasteiger partial charge in [-0.25, -0.2) is 0 Å². The molecule has 1 heterocycles. The topological polar surface area (TPSA) is 46.3 Å². The number of nitrogens with two attached hydrogens (primary N) is 1. The highest BCUT2D eigenvalue weighted by Gasteiger charge is 2.34. The zero-order valence-corrected chi connectivity index (χ0v) is 10.5. The Bertz CT molecular complexity index is 397. The van der Waals surface area contributed by atoms with Crippen molar-refractivity contribution >= 4 is 5.78 Å². The minimum Gasteiger partial charge on any atom is -0.326 e. The van der Waals surface area contributed by atoms with Crippen molar-refractivity contribution in [2.75, 3.05) is 6.54 Å². The molecule has 0 aliphatic carbocycles. The van der Waals surface area contributed by atoms with Crippen LogP contribution in [0.3, 0.4) is 0 Å². The fraction of sp³-hybridized carbons (Fsp3) is 0.500. The zero-order valence-electron chi connectivity index (χ0n) is 10.5. The fourth-order valence-corrected chi connectivity index (χ4v) is 2.46. The van der Waals surface area contributed by atoms with Gasteiger partial charge in [0.1, 0.15) is 0 Å². The average molecular weight is 232 g/mol. The van der Waals surface area contributed by atoms with E-state index in [0.29, 0.717) is 24.8 Å². The first-order valence-electron chi connectivity index (χ1n) is 6.21. The van der Waals surface area contributed by atoms with Gasteiger partial charge in [-0.05, 0) is 25.0 Å². The third-order valence-corrected chi connectivity index (χ3v) is 3.45. The number of carbonyl (C=O) groups excluding carboxylic acids is 1. The average Bonchev–Trinajstić information content (AvgIpc) is 2.71. The van der Waals surface area contributed by atoms with Crippen LogP contribution in [0.5, 0.6) is 0 Å². The van der Waals surface area contributed by atoms with Gasteiger partial charge in [0.15, 0.2) is 5.78 Å². The van der Waals surface area contributed by atoms with Crippen molar-refractivity contribution in [2.24, 2.45) is 5.73 Å². The molecule has 1 aromatic carbocycles. The van der Waals surface area contributed by atoms with Gasteiger partial charge < -0.3 is 5.73 Å². The van der Waals surface area contributed by atoms with E-state index in [1.54, 1.807) is 0 Å². The van der Waals surface area contributed by atoms with Gasteiger partial charge in [-0.1, -0.05) is 24.3 Å². The van der Waals surface area contributed by atoms with Gasteiger partial charge in [-0.2, -0.15) is 0 Å². The first kappa shape index (κ1) is 12.3. The van der Waals surface area contributed by atoms with Crippen LogP contribution in [-0.4, -0.2) is 23.3 Å². The summed E-state index contributed by atoms with van der Waals surface area (Å²) < 4.78 is 0. The Morgan fingerprint density at radius 3 is 2.53 bits per heavy atom. The van der Waals surface area contributed by atoms with Crippen LogP contribution in [0.15, 0.2) is 24.3 Å². The van der Waals surface area contributed by atoms with Crippen molar-refractivity contribution in [1.82, 2.24) is 4.90 Å². The van der Waals surface area contributed by atoms with Crippen LogP contribution in [0, 0.1) is 0 Å². The molecular formula is C14H20N2O. The molecule has 3 nitrogen and oxygen atoms in total. The maximum Gasteiger partial charge on any atom is 0.155 e. The molecule has 0 radical (unpaired) electrons. The summed E-state index contributed by atoms with van der Waals surface area (Å²) in [4.78, 5) is 14.2. The van der Waals surface area contributed by atoms with Crippen molar-refractivity contribution in [3.63, 3.8) is 0 Å². The fourth-order valence-electron chi connectivity index (χ4n) is 2.46. The van der Waals surface area contributed by atoms with Gasteiger partial charge in [-0.15, -0.1) is 0 Å². The highest BCUT2D eigenvalue weighted by molar-refractivity contribution is 5.87. The number of hydrogen-bond acceptors (Lipinski definition) is 3. The Morgan fingerprint density at radius 1 is 1.35 bits per heavy atom. The number of Topliss-reactive ketones (excluding diaryl/α,β-unsaturated/α-hetero) is 1. The van der Waals surface area contributed by atoms with Crippen molar-refractivity contribution in [3.05, 3.63) is 35.4 Å². The molecule has 3 heteroatoms. The van der Waals surface area contributed by atoms with E-state index in [1.807, 2.05) is 24.3 Å². The van der Waals surface area contributed by atoms with Crippen LogP contribution < -0.4 is 5.73 Å². The van der Waals surface area contributed by atoms with Crippen molar-refractivity contribution < 1.29 is 4.79 Å². The van der Waals surface area contributed by atoms with E-state index in [1.165, 1.54) is 0 Å². The molecule has 1 fully saturated rings. The highest BCUT2D eigenvalue weighted by Crippen LogP contribution is 2.30. The minimum absolute atomic E-state index is 0.0539. The summed E-state index contributed by atoms with van der Waals surface area (Å²) >= 11 is 0. The van der Waals surface area contributed by atoms with Gasteiger partial charge in [0.05, 0.1) is 6.04 Å². The molecule has 1 aliphatic rings. The Hall–Kier alpha value is -1.19. The summed E-state index contributed by atoms with van der Waals surface area (Å²) in [6, 6.07) is 8.44. The summed E-state index contributed by atoms with van der Waals surface area (Å²) in [5.74, 6) is 0.333. The maximum atomic E-state index is 12.0. The van der Waals surface area contributed by atoms with E-state index < -0.39 is 0 Å². The van der Waals surface area contributed by atoms with E-state index in [2.05, 4.69) is 18.7 Å². The maximum absolute atomic E-state index is 12.0. The Morgan fingerprint density at radius 2 is 2.00 bits per heavy atom.